The Balaban J connectivity index is 1.19. The lowest BCUT2D eigenvalue weighted by atomic mass is 10.1. The van der Waals surface area contributed by atoms with E-state index in [-0.39, 0.29) is 30.6 Å². The molecule has 0 bridgehead atoms. The van der Waals surface area contributed by atoms with Crippen LogP contribution in [-0.4, -0.2) is 77.5 Å². The van der Waals surface area contributed by atoms with E-state index in [4.69, 9.17) is 0 Å². The minimum Gasteiger partial charge on any atom is -0.340 e. The van der Waals surface area contributed by atoms with Gasteiger partial charge in [0, 0.05) is 51.1 Å². The lowest BCUT2D eigenvalue weighted by molar-refractivity contribution is -0.138. The Kier molecular flexibility index (Phi) is 7.92. The quantitative estimate of drug-likeness (QED) is 0.667. The highest BCUT2D eigenvalue weighted by Gasteiger charge is 2.25. The molecule has 1 saturated heterocycles. The number of piperazine rings is 1. The van der Waals surface area contributed by atoms with Gasteiger partial charge in [0.25, 0.3) is 0 Å². The van der Waals surface area contributed by atoms with Crippen molar-refractivity contribution in [1.82, 2.24) is 14.8 Å². The number of carbonyl (C=O) groups excluding carboxylic acids is 3. The molecule has 2 aliphatic rings. The second-order valence-electron chi connectivity index (χ2n) is 9.15. The Morgan fingerprint density at radius 1 is 0.829 bits per heavy atom. The SMILES string of the molecule is Cc1cccc(C)c1NC(=O)CN1CCN(C(=O)CCC(=O)N2CCC(c3ccccc3)=N2)CC1. The largest absolute Gasteiger partial charge is 0.340 e. The summed E-state index contributed by atoms with van der Waals surface area (Å²) < 4.78 is 0. The molecule has 2 aliphatic heterocycles. The molecule has 0 spiro atoms. The van der Waals surface area contributed by atoms with Crippen LogP contribution in [0.1, 0.15) is 36.0 Å². The molecule has 8 heteroatoms. The molecule has 0 aliphatic carbocycles. The molecular formula is C27H33N5O3. The number of nitrogens with one attached hydrogen (secondary N) is 1. The number of nitrogens with zero attached hydrogens (tertiary/aromatic N) is 4. The molecule has 4 rings (SSSR count). The van der Waals surface area contributed by atoms with Gasteiger partial charge >= 0.3 is 0 Å². The van der Waals surface area contributed by atoms with E-state index in [9.17, 15) is 14.4 Å². The van der Waals surface area contributed by atoms with Gasteiger partial charge in [0.2, 0.25) is 17.7 Å². The van der Waals surface area contributed by atoms with Crippen LogP contribution in [0.15, 0.2) is 53.6 Å². The lowest BCUT2D eigenvalue weighted by Gasteiger charge is -2.34. The van der Waals surface area contributed by atoms with Gasteiger partial charge in [0.05, 0.1) is 18.8 Å². The molecular weight excluding hydrogens is 442 g/mol. The van der Waals surface area contributed by atoms with Gasteiger partial charge in [-0.1, -0.05) is 48.5 Å². The second-order valence-corrected chi connectivity index (χ2v) is 9.15. The fourth-order valence-electron chi connectivity index (χ4n) is 4.52. The van der Waals surface area contributed by atoms with Crippen LogP contribution in [-0.2, 0) is 14.4 Å². The Hall–Kier alpha value is -3.52. The fraction of sp³-hybridized carbons (Fsp3) is 0.407. The highest BCUT2D eigenvalue weighted by molar-refractivity contribution is 6.02. The van der Waals surface area contributed by atoms with Crippen molar-refractivity contribution in [1.29, 1.82) is 0 Å². The predicted molar refractivity (Wildman–Crippen MR) is 136 cm³/mol. The van der Waals surface area contributed by atoms with Crippen LogP contribution >= 0.6 is 0 Å². The predicted octanol–water partition coefficient (Wildman–Crippen LogP) is 2.80. The summed E-state index contributed by atoms with van der Waals surface area (Å²) in [6, 6.07) is 15.8. The van der Waals surface area contributed by atoms with Crippen LogP contribution in [0.4, 0.5) is 5.69 Å². The molecule has 8 nitrogen and oxygen atoms in total. The van der Waals surface area contributed by atoms with E-state index >= 15 is 0 Å². The first kappa shape index (κ1) is 24.6. The molecule has 0 aromatic heterocycles. The van der Waals surface area contributed by atoms with Gasteiger partial charge in [-0.25, -0.2) is 5.01 Å². The minimum absolute atomic E-state index is 0.0237. The first-order valence-electron chi connectivity index (χ1n) is 12.2. The molecule has 0 atom stereocenters. The maximum atomic E-state index is 12.7. The Morgan fingerprint density at radius 3 is 2.17 bits per heavy atom. The molecule has 2 aromatic rings. The Morgan fingerprint density at radius 2 is 1.49 bits per heavy atom. The van der Waals surface area contributed by atoms with Crippen LogP contribution in [0.2, 0.25) is 0 Å². The van der Waals surface area contributed by atoms with E-state index in [1.807, 2.05) is 62.4 Å². The van der Waals surface area contributed by atoms with E-state index in [1.54, 1.807) is 4.90 Å². The molecule has 3 amide bonds. The highest BCUT2D eigenvalue weighted by atomic mass is 16.2. The summed E-state index contributed by atoms with van der Waals surface area (Å²) in [6.45, 7) is 7.21. The molecule has 1 N–H and O–H groups in total. The molecule has 0 saturated carbocycles. The highest BCUT2D eigenvalue weighted by Crippen LogP contribution is 2.19. The normalized spacial score (nSPS) is 16.2. The number of hydrogen-bond donors (Lipinski definition) is 1. The van der Waals surface area contributed by atoms with Crippen LogP contribution in [0.5, 0.6) is 0 Å². The lowest BCUT2D eigenvalue weighted by Crippen LogP contribution is -2.50. The number of aryl methyl sites for hydroxylation is 2. The number of anilines is 1. The molecule has 2 heterocycles. The fourth-order valence-corrected chi connectivity index (χ4v) is 4.52. The van der Waals surface area contributed by atoms with Crippen LogP contribution in [0, 0.1) is 13.8 Å². The standard InChI is InChI=1S/C27H33N5O3/c1-20-7-6-8-21(2)27(20)28-24(33)19-30-15-17-31(18-16-30)25(34)11-12-26(35)32-14-13-23(29-32)22-9-4-3-5-10-22/h3-10H,11-19H2,1-2H3,(H,28,33). The minimum atomic E-state index is -0.119. The summed E-state index contributed by atoms with van der Waals surface area (Å²) in [5.74, 6) is -0.190. The van der Waals surface area contributed by atoms with Crippen molar-refractivity contribution in [2.45, 2.75) is 33.1 Å². The van der Waals surface area contributed by atoms with Gasteiger partial charge in [-0.2, -0.15) is 5.10 Å². The Labute approximate surface area is 206 Å². The summed E-state index contributed by atoms with van der Waals surface area (Å²) in [5, 5.41) is 8.97. The number of carbonyl (C=O) groups is 3. The third-order valence-electron chi connectivity index (χ3n) is 6.59. The summed E-state index contributed by atoms with van der Waals surface area (Å²) in [4.78, 5) is 41.6. The topological polar surface area (TPSA) is 85.3 Å². The molecule has 0 radical (unpaired) electrons. The van der Waals surface area contributed by atoms with Gasteiger partial charge in [0.1, 0.15) is 0 Å². The zero-order valence-corrected chi connectivity index (χ0v) is 20.5. The van der Waals surface area contributed by atoms with Crippen molar-refractivity contribution < 1.29 is 14.4 Å². The maximum absolute atomic E-state index is 12.7. The van der Waals surface area contributed by atoms with E-state index in [0.717, 1.165) is 34.5 Å². The van der Waals surface area contributed by atoms with Crippen molar-refractivity contribution in [2.24, 2.45) is 5.10 Å². The van der Waals surface area contributed by atoms with Gasteiger partial charge in [0.15, 0.2) is 0 Å². The zero-order chi connectivity index (χ0) is 24.8. The number of benzene rings is 2. The summed E-state index contributed by atoms with van der Waals surface area (Å²) >= 11 is 0. The molecule has 184 valence electrons. The van der Waals surface area contributed by atoms with Gasteiger partial charge in [-0.3, -0.25) is 19.3 Å². The van der Waals surface area contributed by atoms with Crippen molar-refractivity contribution in [3.05, 3.63) is 65.2 Å². The van der Waals surface area contributed by atoms with Crippen molar-refractivity contribution in [2.75, 3.05) is 44.6 Å². The number of hydrazone groups is 1. The van der Waals surface area contributed by atoms with Gasteiger partial charge in [-0.05, 0) is 30.5 Å². The van der Waals surface area contributed by atoms with Gasteiger partial charge < -0.3 is 10.2 Å². The zero-order valence-electron chi connectivity index (χ0n) is 20.5. The number of hydrogen-bond acceptors (Lipinski definition) is 5. The average Bonchev–Trinajstić information content (AvgIpc) is 3.36. The molecule has 1 fully saturated rings. The van der Waals surface area contributed by atoms with Gasteiger partial charge in [-0.15, -0.1) is 0 Å². The smallest absolute Gasteiger partial charge is 0.243 e. The summed E-state index contributed by atoms with van der Waals surface area (Å²) in [6.07, 6.45) is 1.06. The monoisotopic (exact) mass is 475 g/mol. The van der Waals surface area contributed by atoms with E-state index in [2.05, 4.69) is 15.3 Å². The Bertz CT molecular complexity index is 1090. The first-order chi connectivity index (χ1) is 16.9. The maximum Gasteiger partial charge on any atom is 0.243 e. The number of amides is 3. The first-order valence-corrected chi connectivity index (χ1v) is 12.2. The summed E-state index contributed by atoms with van der Waals surface area (Å²) in [5.41, 5.74) is 4.88. The average molecular weight is 476 g/mol. The molecule has 0 unspecified atom stereocenters. The van der Waals surface area contributed by atoms with Crippen LogP contribution in [0.25, 0.3) is 0 Å². The molecule has 35 heavy (non-hydrogen) atoms. The van der Waals surface area contributed by atoms with Crippen LogP contribution < -0.4 is 5.32 Å². The third kappa shape index (κ3) is 6.33. The van der Waals surface area contributed by atoms with E-state index in [1.165, 1.54) is 5.01 Å². The van der Waals surface area contributed by atoms with Crippen LogP contribution in [0.3, 0.4) is 0 Å². The third-order valence-corrected chi connectivity index (χ3v) is 6.59. The van der Waals surface area contributed by atoms with Crippen molar-refractivity contribution >= 4 is 29.1 Å². The number of rotatable bonds is 7. The molecule has 2 aromatic carbocycles. The van der Waals surface area contributed by atoms with Crippen molar-refractivity contribution in [3.8, 4) is 0 Å². The van der Waals surface area contributed by atoms with E-state index < -0.39 is 0 Å². The summed E-state index contributed by atoms with van der Waals surface area (Å²) in [7, 11) is 0. The van der Waals surface area contributed by atoms with Crippen molar-refractivity contribution in [3.63, 3.8) is 0 Å². The van der Waals surface area contributed by atoms with E-state index in [0.29, 0.717) is 39.3 Å². The second kappa shape index (κ2) is 11.3. The number of para-hydroxylation sites is 1.